The molecular weight excluding hydrogens is 375 g/mol. The van der Waals surface area contributed by atoms with Crippen LogP contribution in [0.1, 0.15) is 18.4 Å². The molecule has 3 N–H and O–H groups in total. The topological polar surface area (TPSA) is 84.7 Å². The van der Waals surface area contributed by atoms with E-state index in [-0.39, 0.29) is 24.2 Å². The summed E-state index contributed by atoms with van der Waals surface area (Å²) in [5.41, 5.74) is 4.38. The highest BCUT2D eigenvalue weighted by molar-refractivity contribution is 6.31. The quantitative estimate of drug-likeness (QED) is 0.803. The van der Waals surface area contributed by atoms with Crippen LogP contribution in [-0.4, -0.2) is 49.1 Å². The number of rotatable bonds is 5. The molecule has 0 spiro atoms. The van der Waals surface area contributed by atoms with Crippen LogP contribution in [0, 0.1) is 0 Å². The minimum absolute atomic E-state index is 0.0621. The van der Waals surface area contributed by atoms with Gasteiger partial charge in [0.15, 0.2) is 0 Å². The Labute approximate surface area is 153 Å². The average Bonchev–Trinajstić information content (AvgIpc) is 3.03. The maximum Gasteiger partial charge on any atom is 0.417 e. The summed E-state index contributed by atoms with van der Waals surface area (Å²) in [7, 11) is 1.42. The Morgan fingerprint density at radius 3 is 2.65 bits per heavy atom. The Morgan fingerprint density at radius 2 is 2.08 bits per heavy atom. The van der Waals surface area contributed by atoms with Crippen molar-refractivity contribution in [2.45, 2.75) is 31.2 Å². The van der Waals surface area contributed by atoms with Crippen LogP contribution in [0.25, 0.3) is 0 Å². The van der Waals surface area contributed by atoms with Gasteiger partial charge in [0.25, 0.3) is 5.91 Å². The van der Waals surface area contributed by atoms with Crippen molar-refractivity contribution in [2.75, 3.05) is 25.5 Å². The number of benzene rings is 1. The van der Waals surface area contributed by atoms with Crippen LogP contribution in [0.3, 0.4) is 0 Å². The number of hydrogen-bond donors (Lipinski definition) is 2. The molecule has 0 bridgehead atoms. The van der Waals surface area contributed by atoms with E-state index in [0.717, 1.165) is 12.1 Å². The van der Waals surface area contributed by atoms with Gasteiger partial charge in [0.05, 0.1) is 23.2 Å². The molecule has 0 radical (unpaired) electrons. The predicted molar refractivity (Wildman–Crippen MR) is 89.7 cm³/mol. The van der Waals surface area contributed by atoms with Crippen molar-refractivity contribution in [3.63, 3.8) is 0 Å². The summed E-state index contributed by atoms with van der Waals surface area (Å²) in [6.45, 7) is -0.0119. The molecule has 1 fully saturated rings. The van der Waals surface area contributed by atoms with E-state index in [2.05, 4.69) is 5.32 Å². The van der Waals surface area contributed by atoms with Crippen LogP contribution in [-0.2, 0) is 20.5 Å². The van der Waals surface area contributed by atoms with E-state index < -0.39 is 28.8 Å². The van der Waals surface area contributed by atoms with E-state index in [4.69, 9.17) is 22.1 Å². The number of hydrogen-bond acceptors (Lipinski definition) is 4. The standard InChI is InChI=1S/C16H19ClF3N3O3/c1-23(15(25)13-5-3-10(7-21)26-13)8-14(24)22-9-2-4-12(17)11(6-9)16(18,19)20/h2,4,6,10,13H,3,5,7-8,21H2,1H3,(H,22,24)/t10-,13+/m1/s1. The van der Waals surface area contributed by atoms with Gasteiger partial charge in [0.1, 0.15) is 6.10 Å². The minimum atomic E-state index is -4.63. The van der Waals surface area contributed by atoms with Crippen molar-refractivity contribution >= 4 is 29.1 Å². The van der Waals surface area contributed by atoms with Gasteiger partial charge in [0, 0.05) is 19.3 Å². The van der Waals surface area contributed by atoms with Crippen LogP contribution in [0.4, 0.5) is 18.9 Å². The van der Waals surface area contributed by atoms with Crippen molar-refractivity contribution in [3.05, 3.63) is 28.8 Å². The summed E-state index contributed by atoms with van der Waals surface area (Å²) in [4.78, 5) is 25.4. The Balaban J connectivity index is 1.95. The van der Waals surface area contributed by atoms with Crippen molar-refractivity contribution in [3.8, 4) is 0 Å². The number of ether oxygens (including phenoxy) is 1. The van der Waals surface area contributed by atoms with Gasteiger partial charge < -0.3 is 20.7 Å². The summed E-state index contributed by atoms with van der Waals surface area (Å²) in [5, 5.41) is 1.86. The highest BCUT2D eigenvalue weighted by atomic mass is 35.5. The van der Waals surface area contributed by atoms with Crippen molar-refractivity contribution in [1.29, 1.82) is 0 Å². The molecule has 26 heavy (non-hydrogen) atoms. The fourth-order valence-corrected chi connectivity index (χ4v) is 2.85. The van der Waals surface area contributed by atoms with Gasteiger partial charge in [-0.1, -0.05) is 11.6 Å². The van der Waals surface area contributed by atoms with Crippen molar-refractivity contribution in [2.24, 2.45) is 5.73 Å². The number of anilines is 1. The lowest BCUT2D eigenvalue weighted by molar-refractivity contribution is -0.143. The number of alkyl halides is 3. The Morgan fingerprint density at radius 1 is 1.38 bits per heavy atom. The Kier molecular flexibility index (Phi) is 6.48. The number of likely N-dealkylation sites (N-methyl/N-ethyl adjacent to an activating group) is 1. The second-order valence-corrected chi connectivity index (χ2v) is 6.40. The molecule has 1 aromatic carbocycles. The number of halogens is 4. The Hall–Kier alpha value is -1.84. The maximum absolute atomic E-state index is 12.8. The number of nitrogens with two attached hydrogens (primary N) is 1. The van der Waals surface area contributed by atoms with E-state index in [1.165, 1.54) is 18.0 Å². The minimum Gasteiger partial charge on any atom is -0.364 e. The first-order chi connectivity index (χ1) is 12.1. The number of nitrogens with one attached hydrogen (secondary N) is 1. The second-order valence-electron chi connectivity index (χ2n) is 5.99. The molecule has 1 aliphatic rings. The van der Waals surface area contributed by atoms with E-state index in [1.54, 1.807) is 0 Å². The molecule has 2 atom stereocenters. The molecule has 0 unspecified atom stereocenters. The van der Waals surface area contributed by atoms with Crippen molar-refractivity contribution < 1.29 is 27.5 Å². The number of nitrogens with zero attached hydrogens (tertiary/aromatic N) is 1. The third-order valence-electron chi connectivity index (χ3n) is 3.96. The monoisotopic (exact) mass is 393 g/mol. The van der Waals surface area contributed by atoms with Crippen LogP contribution in [0.15, 0.2) is 18.2 Å². The Bertz CT molecular complexity index is 684. The van der Waals surface area contributed by atoms with Crippen LogP contribution in [0.2, 0.25) is 5.02 Å². The number of carbonyl (C=O) groups is 2. The first-order valence-electron chi connectivity index (χ1n) is 7.89. The first kappa shape index (κ1) is 20.5. The summed E-state index contributed by atoms with van der Waals surface area (Å²) in [6.07, 6.45) is -4.30. The number of carbonyl (C=O) groups excluding carboxylic acids is 2. The molecule has 2 amide bonds. The van der Waals surface area contributed by atoms with Gasteiger partial charge in [-0.3, -0.25) is 9.59 Å². The van der Waals surface area contributed by atoms with Crippen LogP contribution < -0.4 is 11.1 Å². The lowest BCUT2D eigenvalue weighted by Crippen LogP contribution is -2.41. The van der Waals surface area contributed by atoms with E-state index in [9.17, 15) is 22.8 Å². The average molecular weight is 394 g/mol. The van der Waals surface area contributed by atoms with Crippen molar-refractivity contribution in [1.82, 2.24) is 4.90 Å². The van der Waals surface area contributed by atoms with Gasteiger partial charge in [-0.25, -0.2) is 0 Å². The molecule has 2 rings (SSSR count). The molecule has 1 saturated heterocycles. The lowest BCUT2D eigenvalue weighted by atomic mass is 10.2. The van der Waals surface area contributed by atoms with Gasteiger partial charge in [-0.15, -0.1) is 0 Å². The van der Waals surface area contributed by atoms with E-state index in [1.807, 2.05) is 0 Å². The first-order valence-corrected chi connectivity index (χ1v) is 8.26. The highest BCUT2D eigenvalue weighted by Crippen LogP contribution is 2.36. The zero-order valence-corrected chi connectivity index (χ0v) is 14.7. The number of amides is 2. The molecule has 0 aliphatic carbocycles. The molecule has 1 heterocycles. The lowest BCUT2D eigenvalue weighted by Gasteiger charge is -2.21. The summed E-state index contributed by atoms with van der Waals surface area (Å²) in [6, 6.07) is 3.05. The SMILES string of the molecule is CN(CC(=O)Nc1ccc(Cl)c(C(F)(F)F)c1)C(=O)[C@@H]1CC[C@H](CN)O1. The van der Waals surface area contributed by atoms with E-state index >= 15 is 0 Å². The predicted octanol–water partition coefficient (Wildman–Crippen LogP) is 2.26. The van der Waals surface area contributed by atoms with Gasteiger partial charge in [0.2, 0.25) is 5.91 Å². The van der Waals surface area contributed by atoms with Crippen LogP contribution >= 0.6 is 11.6 Å². The third kappa shape index (κ3) is 5.09. The van der Waals surface area contributed by atoms with Crippen LogP contribution in [0.5, 0.6) is 0 Å². The molecule has 0 aromatic heterocycles. The molecule has 6 nitrogen and oxygen atoms in total. The molecular formula is C16H19ClF3N3O3. The highest BCUT2D eigenvalue weighted by Gasteiger charge is 2.34. The third-order valence-corrected chi connectivity index (χ3v) is 4.29. The molecule has 1 aromatic rings. The fraction of sp³-hybridized carbons (Fsp3) is 0.500. The summed E-state index contributed by atoms with van der Waals surface area (Å²) < 4.78 is 44.0. The smallest absolute Gasteiger partial charge is 0.364 e. The summed E-state index contributed by atoms with van der Waals surface area (Å²) >= 11 is 5.53. The zero-order valence-electron chi connectivity index (χ0n) is 14.0. The largest absolute Gasteiger partial charge is 0.417 e. The normalized spacial score (nSPS) is 20.1. The molecule has 0 saturated carbocycles. The van der Waals surface area contributed by atoms with Gasteiger partial charge >= 0.3 is 6.18 Å². The second kappa shape index (κ2) is 8.24. The fourth-order valence-electron chi connectivity index (χ4n) is 2.62. The molecule has 10 heteroatoms. The zero-order chi connectivity index (χ0) is 19.5. The molecule has 144 valence electrons. The van der Waals surface area contributed by atoms with Gasteiger partial charge in [-0.05, 0) is 31.0 Å². The maximum atomic E-state index is 12.8. The van der Waals surface area contributed by atoms with Gasteiger partial charge in [-0.2, -0.15) is 13.2 Å². The molecule has 1 aliphatic heterocycles. The summed E-state index contributed by atoms with van der Waals surface area (Å²) in [5.74, 6) is -1.01. The van der Waals surface area contributed by atoms with E-state index in [0.29, 0.717) is 19.4 Å².